The Hall–Kier alpha value is -2.76. The maximum Gasteiger partial charge on any atom is 0.357 e. The predicted molar refractivity (Wildman–Crippen MR) is 79.1 cm³/mol. The summed E-state index contributed by atoms with van der Waals surface area (Å²) in [6.45, 7) is 3.45. The van der Waals surface area contributed by atoms with Crippen molar-refractivity contribution in [3.05, 3.63) is 59.7 Å². The molecule has 1 amide bonds. The largest absolute Gasteiger partial charge is 0.458 e. The van der Waals surface area contributed by atoms with E-state index in [2.05, 4.69) is 10.3 Å². The first-order chi connectivity index (χ1) is 10.5. The molecule has 0 aliphatic carbocycles. The second-order valence-electron chi connectivity index (χ2n) is 4.82. The number of hydrogen-bond acceptors (Lipinski definition) is 4. The number of carbonyl (C=O) groups excluding carboxylic acids is 2. The summed E-state index contributed by atoms with van der Waals surface area (Å²) in [6, 6.07) is 9.83. The number of rotatable bonds is 4. The van der Waals surface area contributed by atoms with Crippen LogP contribution in [0, 0.1) is 5.82 Å². The van der Waals surface area contributed by atoms with Gasteiger partial charge in [0.2, 0.25) is 0 Å². The van der Waals surface area contributed by atoms with Crippen molar-refractivity contribution in [2.45, 2.75) is 20.0 Å². The molecule has 1 N–H and O–H groups in total. The van der Waals surface area contributed by atoms with Gasteiger partial charge >= 0.3 is 5.97 Å². The lowest BCUT2D eigenvalue weighted by atomic mass is 10.2. The number of hydrogen-bond donors (Lipinski definition) is 1. The molecule has 114 valence electrons. The first kappa shape index (κ1) is 15.6. The van der Waals surface area contributed by atoms with Gasteiger partial charge in [-0.1, -0.05) is 6.07 Å². The zero-order valence-corrected chi connectivity index (χ0v) is 12.2. The molecule has 0 aliphatic rings. The molecule has 0 radical (unpaired) electrons. The highest BCUT2D eigenvalue weighted by Crippen LogP contribution is 2.10. The highest BCUT2D eigenvalue weighted by atomic mass is 19.1. The second kappa shape index (κ2) is 6.80. The van der Waals surface area contributed by atoms with Gasteiger partial charge in [0, 0.05) is 5.69 Å². The van der Waals surface area contributed by atoms with Crippen LogP contribution in [0.5, 0.6) is 0 Å². The molecule has 0 saturated carbocycles. The van der Waals surface area contributed by atoms with Crippen molar-refractivity contribution >= 4 is 17.6 Å². The van der Waals surface area contributed by atoms with Gasteiger partial charge < -0.3 is 10.1 Å². The number of ether oxygens (including phenoxy) is 1. The van der Waals surface area contributed by atoms with Gasteiger partial charge in [-0.3, -0.25) is 4.79 Å². The van der Waals surface area contributed by atoms with Crippen molar-refractivity contribution < 1.29 is 18.7 Å². The third-order valence-electron chi connectivity index (χ3n) is 2.64. The lowest BCUT2D eigenvalue weighted by Crippen LogP contribution is -2.17. The molecule has 0 bridgehead atoms. The lowest BCUT2D eigenvalue weighted by Gasteiger charge is -2.08. The van der Waals surface area contributed by atoms with Gasteiger partial charge in [-0.15, -0.1) is 0 Å². The molecule has 2 rings (SSSR count). The van der Waals surface area contributed by atoms with E-state index in [4.69, 9.17) is 4.74 Å². The Bertz CT molecular complexity index is 684. The number of carbonyl (C=O) groups is 2. The number of amides is 1. The Morgan fingerprint density at radius 1 is 1.09 bits per heavy atom. The summed E-state index contributed by atoms with van der Waals surface area (Å²) in [6.07, 6.45) is -0.272. The van der Waals surface area contributed by atoms with E-state index in [0.29, 0.717) is 5.69 Å². The maximum atomic E-state index is 12.8. The number of halogens is 1. The summed E-state index contributed by atoms with van der Waals surface area (Å²) in [4.78, 5) is 27.8. The van der Waals surface area contributed by atoms with Crippen LogP contribution in [0.15, 0.2) is 42.5 Å². The number of pyridine rings is 1. The van der Waals surface area contributed by atoms with E-state index in [1.807, 2.05) is 0 Å². The fourth-order valence-corrected chi connectivity index (χ4v) is 1.68. The van der Waals surface area contributed by atoms with E-state index >= 15 is 0 Å². The Morgan fingerprint density at radius 3 is 2.36 bits per heavy atom. The normalized spacial score (nSPS) is 10.4. The summed E-state index contributed by atoms with van der Waals surface area (Å²) >= 11 is 0. The van der Waals surface area contributed by atoms with E-state index in [1.165, 1.54) is 36.4 Å². The Balaban J connectivity index is 2.13. The number of nitrogens with one attached hydrogen (secondary N) is 1. The van der Waals surface area contributed by atoms with Gasteiger partial charge in [0.25, 0.3) is 5.91 Å². The number of esters is 1. The van der Waals surface area contributed by atoms with Crippen molar-refractivity contribution in [2.75, 3.05) is 5.32 Å². The molecule has 0 spiro atoms. The van der Waals surface area contributed by atoms with Crippen LogP contribution in [-0.4, -0.2) is 23.0 Å². The molecular weight excluding hydrogens is 287 g/mol. The molecule has 0 fully saturated rings. The summed E-state index contributed by atoms with van der Waals surface area (Å²) in [7, 11) is 0. The second-order valence-corrected chi connectivity index (χ2v) is 4.82. The molecule has 0 aliphatic heterocycles. The number of nitrogens with zero attached hydrogens (tertiary/aromatic N) is 1. The van der Waals surface area contributed by atoms with Crippen LogP contribution in [0.2, 0.25) is 0 Å². The fraction of sp³-hybridized carbons (Fsp3) is 0.188. The standard InChI is InChI=1S/C16H15FN2O3/c1-10(2)22-16(21)14-5-3-4-13(19-14)15(20)18-12-8-6-11(17)7-9-12/h3-10H,1-2H3,(H,18,20). The Morgan fingerprint density at radius 2 is 1.73 bits per heavy atom. The monoisotopic (exact) mass is 302 g/mol. The highest BCUT2D eigenvalue weighted by Gasteiger charge is 2.14. The van der Waals surface area contributed by atoms with Gasteiger partial charge in [-0.05, 0) is 50.2 Å². The van der Waals surface area contributed by atoms with Crippen molar-refractivity contribution in [1.82, 2.24) is 4.98 Å². The van der Waals surface area contributed by atoms with Crippen LogP contribution in [-0.2, 0) is 4.74 Å². The molecule has 0 saturated heterocycles. The van der Waals surface area contributed by atoms with Gasteiger partial charge in [-0.2, -0.15) is 0 Å². The molecule has 2 aromatic rings. The molecule has 0 unspecified atom stereocenters. The fourth-order valence-electron chi connectivity index (χ4n) is 1.68. The van der Waals surface area contributed by atoms with Crippen LogP contribution in [0.3, 0.4) is 0 Å². The van der Waals surface area contributed by atoms with Crippen LogP contribution in [0.25, 0.3) is 0 Å². The molecule has 1 aromatic carbocycles. The van der Waals surface area contributed by atoms with Gasteiger partial charge in [0.05, 0.1) is 6.10 Å². The molecular formula is C16H15FN2O3. The minimum atomic E-state index is -0.591. The highest BCUT2D eigenvalue weighted by molar-refractivity contribution is 6.03. The SMILES string of the molecule is CC(C)OC(=O)c1cccc(C(=O)Nc2ccc(F)cc2)n1. The van der Waals surface area contributed by atoms with Crippen molar-refractivity contribution in [1.29, 1.82) is 0 Å². The summed E-state index contributed by atoms with van der Waals surface area (Å²) in [5.74, 6) is -1.48. The van der Waals surface area contributed by atoms with Crippen LogP contribution < -0.4 is 5.32 Å². The minimum Gasteiger partial charge on any atom is -0.458 e. The smallest absolute Gasteiger partial charge is 0.357 e. The molecule has 22 heavy (non-hydrogen) atoms. The first-order valence-electron chi connectivity index (χ1n) is 6.70. The third-order valence-corrected chi connectivity index (χ3v) is 2.64. The van der Waals surface area contributed by atoms with Crippen molar-refractivity contribution in [3.63, 3.8) is 0 Å². The van der Waals surface area contributed by atoms with E-state index in [1.54, 1.807) is 19.9 Å². The third kappa shape index (κ3) is 4.12. The topological polar surface area (TPSA) is 68.3 Å². The van der Waals surface area contributed by atoms with E-state index < -0.39 is 17.7 Å². The summed E-state index contributed by atoms with van der Waals surface area (Å²) in [5.41, 5.74) is 0.561. The average molecular weight is 302 g/mol. The van der Waals surface area contributed by atoms with Gasteiger partial charge in [0.15, 0.2) is 0 Å². The number of anilines is 1. The molecule has 5 nitrogen and oxygen atoms in total. The van der Waals surface area contributed by atoms with E-state index in [9.17, 15) is 14.0 Å². The number of aromatic nitrogens is 1. The average Bonchev–Trinajstić information content (AvgIpc) is 2.49. The van der Waals surface area contributed by atoms with Crippen LogP contribution >= 0.6 is 0 Å². The quantitative estimate of drug-likeness (QED) is 0.881. The van der Waals surface area contributed by atoms with Crippen molar-refractivity contribution in [2.24, 2.45) is 0 Å². The zero-order chi connectivity index (χ0) is 16.1. The summed E-state index contributed by atoms with van der Waals surface area (Å²) in [5, 5.41) is 2.57. The molecule has 6 heteroatoms. The Kier molecular flexibility index (Phi) is 4.83. The van der Waals surface area contributed by atoms with E-state index in [-0.39, 0.29) is 17.5 Å². The molecule has 1 aromatic heterocycles. The zero-order valence-electron chi connectivity index (χ0n) is 12.2. The first-order valence-corrected chi connectivity index (χ1v) is 6.70. The molecule has 1 heterocycles. The van der Waals surface area contributed by atoms with Crippen molar-refractivity contribution in [3.8, 4) is 0 Å². The predicted octanol–water partition coefficient (Wildman–Crippen LogP) is 3.04. The molecule has 0 atom stereocenters. The maximum absolute atomic E-state index is 12.8. The van der Waals surface area contributed by atoms with Crippen LogP contribution in [0.1, 0.15) is 34.8 Å². The van der Waals surface area contributed by atoms with Crippen LogP contribution in [0.4, 0.5) is 10.1 Å². The van der Waals surface area contributed by atoms with E-state index in [0.717, 1.165) is 0 Å². The summed E-state index contributed by atoms with van der Waals surface area (Å²) < 4.78 is 17.8. The van der Waals surface area contributed by atoms with Gasteiger partial charge in [-0.25, -0.2) is 14.2 Å². The lowest BCUT2D eigenvalue weighted by molar-refractivity contribution is 0.0371. The Labute approximate surface area is 127 Å². The minimum absolute atomic E-state index is 0.0560. The number of benzene rings is 1. The van der Waals surface area contributed by atoms with Gasteiger partial charge in [0.1, 0.15) is 17.2 Å².